The number of rotatable bonds is 10. The fourth-order valence-electron chi connectivity index (χ4n) is 4.60. The Morgan fingerprint density at radius 2 is 1.69 bits per heavy atom. The molecule has 0 unspecified atom stereocenters. The first kappa shape index (κ1) is 28.2. The van der Waals surface area contributed by atoms with Crippen LogP contribution >= 0.6 is 15.9 Å². The highest BCUT2D eigenvalue weighted by molar-refractivity contribution is 9.10. The Hall–Kier alpha value is -2.39. The minimum atomic E-state index is -3.77. The van der Waals surface area contributed by atoms with E-state index in [0.29, 0.717) is 16.6 Å². The molecule has 1 fully saturated rings. The second-order valence-corrected chi connectivity index (χ2v) is 12.3. The van der Waals surface area contributed by atoms with E-state index in [9.17, 15) is 18.0 Å². The third kappa shape index (κ3) is 7.56. The van der Waals surface area contributed by atoms with Crippen LogP contribution in [0.1, 0.15) is 56.6 Å². The van der Waals surface area contributed by atoms with Crippen molar-refractivity contribution >= 4 is 43.5 Å². The molecule has 36 heavy (non-hydrogen) atoms. The summed E-state index contributed by atoms with van der Waals surface area (Å²) in [5.41, 5.74) is 2.35. The van der Waals surface area contributed by atoms with Gasteiger partial charge in [-0.1, -0.05) is 68.1 Å². The number of hydrogen-bond acceptors (Lipinski definition) is 4. The van der Waals surface area contributed by atoms with E-state index in [1.807, 2.05) is 38.1 Å². The maximum atomic E-state index is 13.8. The van der Waals surface area contributed by atoms with Crippen LogP contribution in [0.4, 0.5) is 5.69 Å². The van der Waals surface area contributed by atoms with Crippen molar-refractivity contribution in [1.29, 1.82) is 0 Å². The molecule has 3 rings (SSSR count). The highest BCUT2D eigenvalue weighted by Crippen LogP contribution is 2.28. The van der Waals surface area contributed by atoms with E-state index in [1.54, 1.807) is 24.3 Å². The predicted molar refractivity (Wildman–Crippen MR) is 147 cm³/mol. The molecule has 0 heterocycles. The van der Waals surface area contributed by atoms with E-state index in [1.165, 1.54) is 11.3 Å². The van der Waals surface area contributed by atoms with E-state index < -0.39 is 28.5 Å². The summed E-state index contributed by atoms with van der Waals surface area (Å²) in [6.45, 7) is 3.67. The van der Waals surface area contributed by atoms with Crippen molar-refractivity contribution in [2.45, 2.75) is 71.0 Å². The van der Waals surface area contributed by atoms with Crippen LogP contribution in [0.2, 0.25) is 0 Å². The molecule has 1 atom stereocenters. The number of nitrogens with zero attached hydrogens (tertiary/aromatic N) is 2. The van der Waals surface area contributed by atoms with Gasteiger partial charge in [0.05, 0.1) is 11.9 Å². The number of amides is 2. The number of carbonyl (C=O) groups excluding carboxylic acids is 2. The molecule has 196 valence electrons. The molecule has 1 aliphatic carbocycles. The largest absolute Gasteiger partial charge is 0.352 e. The zero-order valence-corrected chi connectivity index (χ0v) is 23.6. The fraction of sp³-hybridized carbons (Fsp3) is 0.481. The lowest BCUT2D eigenvalue weighted by atomic mass is 9.95. The third-order valence-electron chi connectivity index (χ3n) is 6.61. The molecule has 0 spiro atoms. The molecule has 1 N–H and O–H groups in total. The van der Waals surface area contributed by atoms with Crippen molar-refractivity contribution in [3.63, 3.8) is 0 Å². The summed E-state index contributed by atoms with van der Waals surface area (Å²) < 4.78 is 27.1. The fourth-order valence-corrected chi connectivity index (χ4v) is 6.08. The van der Waals surface area contributed by atoms with Gasteiger partial charge in [-0.15, -0.1) is 0 Å². The van der Waals surface area contributed by atoms with Crippen LogP contribution in [-0.2, 0) is 26.2 Å². The summed E-state index contributed by atoms with van der Waals surface area (Å²) in [6.07, 6.45) is 6.74. The van der Waals surface area contributed by atoms with Crippen molar-refractivity contribution in [1.82, 2.24) is 10.2 Å². The quantitative estimate of drug-likeness (QED) is 0.440. The maximum absolute atomic E-state index is 13.8. The summed E-state index contributed by atoms with van der Waals surface area (Å²) in [4.78, 5) is 28.7. The smallest absolute Gasteiger partial charge is 0.244 e. The molecule has 2 amide bonds. The van der Waals surface area contributed by atoms with Gasteiger partial charge in [0, 0.05) is 17.1 Å². The minimum Gasteiger partial charge on any atom is -0.352 e. The number of nitrogens with one attached hydrogen (secondary N) is 1. The Labute approximate surface area is 223 Å². The number of benzene rings is 2. The van der Waals surface area contributed by atoms with Crippen molar-refractivity contribution in [2.75, 3.05) is 17.1 Å². The van der Waals surface area contributed by atoms with Crippen molar-refractivity contribution in [2.24, 2.45) is 0 Å². The summed E-state index contributed by atoms with van der Waals surface area (Å²) in [7, 11) is -3.77. The van der Waals surface area contributed by atoms with Crippen LogP contribution in [0.5, 0.6) is 0 Å². The summed E-state index contributed by atoms with van der Waals surface area (Å²) in [5.74, 6) is -0.612. The summed E-state index contributed by atoms with van der Waals surface area (Å²) in [5, 5.41) is 3.15. The van der Waals surface area contributed by atoms with E-state index in [4.69, 9.17) is 0 Å². The second-order valence-electron chi connectivity index (χ2n) is 9.50. The van der Waals surface area contributed by atoms with Crippen LogP contribution in [0.3, 0.4) is 0 Å². The third-order valence-corrected chi connectivity index (χ3v) is 8.41. The maximum Gasteiger partial charge on any atom is 0.244 e. The van der Waals surface area contributed by atoms with Gasteiger partial charge in [0.2, 0.25) is 21.8 Å². The zero-order chi connectivity index (χ0) is 26.3. The molecule has 1 saturated carbocycles. The zero-order valence-electron chi connectivity index (χ0n) is 21.2. The topological polar surface area (TPSA) is 86.8 Å². The number of aryl methyl sites for hydroxylation is 1. The van der Waals surface area contributed by atoms with Crippen LogP contribution in [0.25, 0.3) is 0 Å². The Balaban J connectivity index is 1.91. The van der Waals surface area contributed by atoms with Crippen LogP contribution < -0.4 is 9.62 Å². The Morgan fingerprint density at radius 3 is 2.28 bits per heavy atom. The minimum absolute atomic E-state index is 0.115. The predicted octanol–water partition coefficient (Wildman–Crippen LogP) is 4.78. The molecule has 7 nitrogen and oxygen atoms in total. The van der Waals surface area contributed by atoms with E-state index in [0.717, 1.165) is 47.4 Å². The molecule has 0 bridgehead atoms. The molecule has 2 aromatic rings. The average Bonchev–Trinajstić information content (AvgIpc) is 2.84. The summed E-state index contributed by atoms with van der Waals surface area (Å²) in [6, 6.07) is 14.1. The lowest BCUT2D eigenvalue weighted by Gasteiger charge is -2.34. The standard InChI is InChI=1S/C27H36BrN3O4S/c1-4-24(27(33)29-22-10-6-5-7-11-22)30(18-21-16-14-20(2)15-17-21)26(32)19-31(36(3,34)35)25-13-9-8-12-23(25)28/h8-9,12-17,22,24H,4-7,10-11,18-19H2,1-3H3,(H,29,33)/t24-/m1/s1. The van der Waals surface area contributed by atoms with Crippen LogP contribution in [0.15, 0.2) is 53.0 Å². The van der Waals surface area contributed by atoms with Gasteiger partial charge in [-0.2, -0.15) is 0 Å². The Bertz CT molecular complexity index is 1150. The van der Waals surface area contributed by atoms with Crippen molar-refractivity contribution in [3.8, 4) is 0 Å². The summed E-state index contributed by atoms with van der Waals surface area (Å²) >= 11 is 3.40. The normalized spacial score (nSPS) is 15.2. The van der Waals surface area contributed by atoms with Gasteiger partial charge in [-0.3, -0.25) is 13.9 Å². The Morgan fingerprint density at radius 1 is 1.06 bits per heavy atom. The average molecular weight is 579 g/mol. The lowest BCUT2D eigenvalue weighted by molar-refractivity contribution is -0.140. The van der Waals surface area contributed by atoms with Gasteiger partial charge in [-0.05, 0) is 59.8 Å². The number of halogens is 1. The molecule has 0 aliphatic heterocycles. The van der Waals surface area contributed by atoms with Gasteiger partial charge < -0.3 is 10.2 Å². The Kier molecular flexibility index (Phi) is 9.96. The first-order chi connectivity index (χ1) is 17.1. The number of sulfonamides is 1. The highest BCUT2D eigenvalue weighted by atomic mass is 79.9. The molecule has 1 aliphatic rings. The van der Waals surface area contributed by atoms with Crippen LogP contribution in [-0.4, -0.2) is 50.0 Å². The first-order valence-electron chi connectivity index (χ1n) is 12.5. The first-order valence-corrected chi connectivity index (χ1v) is 15.1. The van der Waals surface area contributed by atoms with Gasteiger partial charge in [0.1, 0.15) is 12.6 Å². The number of para-hydroxylation sites is 1. The van der Waals surface area contributed by atoms with E-state index in [-0.39, 0.29) is 18.5 Å². The SMILES string of the molecule is CC[C@H](C(=O)NC1CCCCC1)N(Cc1ccc(C)cc1)C(=O)CN(c1ccccc1Br)S(C)(=O)=O. The molecule has 0 radical (unpaired) electrons. The molecule has 9 heteroatoms. The number of hydrogen-bond donors (Lipinski definition) is 1. The van der Waals surface area contributed by atoms with Gasteiger partial charge in [0.25, 0.3) is 0 Å². The molecular formula is C27H36BrN3O4S. The number of carbonyl (C=O) groups is 2. The van der Waals surface area contributed by atoms with Gasteiger partial charge >= 0.3 is 0 Å². The molecule has 0 aromatic heterocycles. The lowest BCUT2D eigenvalue weighted by Crippen LogP contribution is -2.54. The van der Waals surface area contributed by atoms with E-state index in [2.05, 4.69) is 21.2 Å². The van der Waals surface area contributed by atoms with Crippen molar-refractivity contribution < 1.29 is 18.0 Å². The monoisotopic (exact) mass is 577 g/mol. The van der Waals surface area contributed by atoms with Crippen LogP contribution in [0, 0.1) is 6.92 Å². The van der Waals surface area contributed by atoms with Gasteiger partial charge in [0.15, 0.2) is 0 Å². The van der Waals surface area contributed by atoms with E-state index >= 15 is 0 Å². The number of anilines is 1. The second kappa shape index (κ2) is 12.7. The van der Waals surface area contributed by atoms with Crippen molar-refractivity contribution in [3.05, 3.63) is 64.1 Å². The van der Waals surface area contributed by atoms with Gasteiger partial charge in [-0.25, -0.2) is 8.42 Å². The molecular weight excluding hydrogens is 542 g/mol. The molecule has 2 aromatic carbocycles. The molecule has 0 saturated heterocycles. The highest BCUT2D eigenvalue weighted by Gasteiger charge is 2.33.